The zero-order valence-corrected chi connectivity index (χ0v) is 28.3. The van der Waals surface area contributed by atoms with Crippen molar-refractivity contribution in [2.75, 3.05) is 27.4 Å². The second-order valence-corrected chi connectivity index (χ2v) is 12.0. The molecule has 10 heteroatoms. The second-order valence-electron chi connectivity index (χ2n) is 11.0. The largest absolute Gasteiger partial charge is 0.497 e. The molecule has 0 saturated carbocycles. The molecule has 0 radical (unpaired) electrons. The average molecular weight is 665 g/mol. The highest BCUT2D eigenvalue weighted by Gasteiger charge is 2.35. The van der Waals surface area contributed by atoms with Crippen molar-refractivity contribution < 1.29 is 28.5 Å². The summed E-state index contributed by atoms with van der Waals surface area (Å²) >= 11 is 1.24. The number of allylic oxidation sites excluding steroid dienone is 1. The molecule has 0 aliphatic carbocycles. The van der Waals surface area contributed by atoms with Gasteiger partial charge in [0.1, 0.15) is 24.1 Å². The quantitative estimate of drug-likeness (QED) is 0.161. The first-order valence-electron chi connectivity index (χ1n) is 15.6. The molecule has 1 aliphatic rings. The first-order chi connectivity index (χ1) is 23.4. The first-order valence-corrected chi connectivity index (χ1v) is 16.5. The van der Waals surface area contributed by atoms with Gasteiger partial charge in [0, 0.05) is 11.6 Å². The molecule has 1 aromatic heterocycles. The third kappa shape index (κ3) is 6.31. The third-order valence-electron chi connectivity index (χ3n) is 8.08. The van der Waals surface area contributed by atoms with E-state index in [1.807, 2.05) is 43.3 Å². The van der Waals surface area contributed by atoms with E-state index in [-0.39, 0.29) is 17.7 Å². The SMILES string of the molecule is CCOC(=O)C1=C(C)N=c2sc(=Cc3ccc(OCc4cccc5ccccc45)c(OCC)c3)c(=O)n2[C@H]1c1ccc(OC)cc1OC. The monoisotopic (exact) mass is 664 g/mol. The number of carbonyl (C=O) groups excluding carboxylic acids is 1. The van der Waals surface area contributed by atoms with Crippen molar-refractivity contribution in [1.29, 1.82) is 0 Å². The summed E-state index contributed by atoms with van der Waals surface area (Å²) in [5.74, 6) is 1.67. The lowest BCUT2D eigenvalue weighted by Crippen LogP contribution is -2.40. The predicted octanol–water partition coefficient (Wildman–Crippen LogP) is 5.95. The van der Waals surface area contributed by atoms with Crippen LogP contribution in [0.1, 0.15) is 43.5 Å². The number of esters is 1. The van der Waals surface area contributed by atoms with Gasteiger partial charge in [-0.1, -0.05) is 59.9 Å². The van der Waals surface area contributed by atoms with Crippen molar-refractivity contribution >= 4 is 34.2 Å². The minimum atomic E-state index is -0.827. The van der Waals surface area contributed by atoms with Crippen LogP contribution in [-0.2, 0) is 16.1 Å². The fourth-order valence-corrected chi connectivity index (χ4v) is 6.90. The molecule has 0 fully saturated rings. The molecule has 4 aromatic carbocycles. The summed E-state index contributed by atoms with van der Waals surface area (Å²) in [4.78, 5) is 32.7. The Hall–Kier alpha value is -5.35. The third-order valence-corrected chi connectivity index (χ3v) is 9.06. The van der Waals surface area contributed by atoms with Gasteiger partial charge in [-0.25, -0.2) is 9.79 Å². The van der Waals surface area contributed by atoms with E-state index in [0.29, 0.717) is 56.8 Å². The topological polar surface area (TPSA) is 97.6 Å². The van der Waals surface area contributed by atoms with Crippen LogP contribution in [-0.4, -0.2) is 38.0 Å². The maximum Gasteiger partial charge on any atom is 0.338 e. The summed E-state index contributed by atoms with van der Waals surface area (Å²) in [5.41, 5.74) is 2.86. The molecule has 48 heavy (non-hydrogen) atoms. The molecule has 5 aromatic rings. The van der Waals surface area contributed by atoms with Crippen molar-refractivity contribution in [3.05, 3.63) is 127 Å². The average Bonchev–Trinajstić information content (AvgIpc) is 3.40. The molecule has 0 saturated heterocycles. The summed E-state index contributed by atoms with van der Waals surface area (Å²) in [7, 11) is 3.10. The van der Waals surface area contributed by atoms with E-state index in [4.69, 9.17) is 23.7 Å². The number of rotatable bonds is 11. The lowest BCUT2D eigenvalue weighted by atomic mass is 9.95. The zero-order chi connectivity index (χ0) is 33.8. The van der Waals surface area contributed by atoms with Crippen LogP contribution >= 0.6 is 11.3 Å². The van der Waals surface area contributed by atoms with Crippen molar-refractivity contribution in [2.45, 2.75) is 33.4 Å². The van der Waals surface area contributed by atoms with E-state index in [9.17, 15) is 9.59 Å². The van der Waals surface area contributed by atoms with E-state index in [1.165, 1.54) is 23.0 Å². The fraction of sp³-hybridized carbons (Fsp3) is 0.237. The maximum atomic E-state index is 14.2. The number of ether oxygens (including phenoxy) is 5. The highest BCUT2D eigenvalue weighted by atomic mass is 32.1. The minimum absolute atomic E-state index is 0.177. The van der Waals surface area contributed by atoms with E-state index in [2.05, 4.69) is 29.3 Å². The summed E-state index contributed by atoms with van der Waals surface area (Å²) in [6.45, 7) is 6.39. The van der Waals surface area contributed by atoms with Gasteiger partial charge in [0.25, 0.3) is 5.56 Å². The maximum absolute atomic E-state index is 14.2. The zero-order valence-electron chi connectivity index (χ0n) is 27.4. The molecule has 0 bridgehead atoms. The number of methoxy groups -OCH3 is 2. The highest BCUT2D eigenvalue weighted by Crippen LogP contribution is 2.38. The van der Waals surface area contributed by atoms with E-state index in [1.54, 1.807) is 45.2 Å². The van der Waals surface area contributed by atoms with Crippen LogP contribution in [0.5, 0.6) is 23.0 Å². The molecule has 6 rings (SSSR count). The minimum Gasteiger partial charge on any atom is -0.497 e. The Morgan fingerprint density at radius 1 is 0.896 bits per heavy atom. The van der Waals surface area contributed by atoms with E-state index in [0.717, 1.165) is 21.9 Å². The van der Waals surface area contributed by atoms with Gasteiger partial charge in [-0.2, -0.15) is 0 Å². The predicted molar refractivity (Wildman–Crippen MR) is 186 cm³/mol. The second kappa shape index (κ2) is 14.2. The van der Waals surface area contributed by atoms with Gasteiger partial charge >= 0.3 is 5.97 Å². The standard InChI is InChI=1S/C38H36N2O7S/c1-6-45-32-19-24(15-18-30(32)47-22-26-13-10-12-25-11-8-9-14-28(25)26)20-33-36(41)40-35(29-17-16-27(43-4)21-31(29)44-5)34(37(42)46-7-2)23(3)39-38(40)48-33/h8-21,35H,6-7,22H2,1-5H3/t35-/m0/s1. The first kappa shape index (κ1) is 32.6. The van der Waals surface area contributed by atoms with Crippen molar-refractivity contribution in [2.24, 2.45) is 4.99 Å². The van der Waals surface area contributed by atoms with Gasteiger partial charge in [-0.05, 0) is 73.0 Å². The smallest absolute Gasteiger partial charge is 0.338 e. The van der Waals surface area contributed by atoms with Gasteiger partial charge in [0.2, 0.25) is 0 Å². The number of hydrogen-bond acceptors (Lipinski definition) is 9. The lowest BCUT2D eigenvalue weighted by molar-refractivity contribution is -0.139. The number of hydrogen-bond donors (Lipinski definition) is 0. The summed E-state index contributed by atoms with van der Waals surface area (Å²) in [6, 6.07) is 24.4. The Morgan fingerprint density at radius 2 is 1.71 bits per heavy atom. The Labute approximate surface area is 281 Å². The van der Waals surface area contributed by atoms with Gasteiger partial charge in [0.15, 0.2) is 16.3 Å². The van der Waals surface area contributed by atoms with Crippen molar-refractivity contribution in [3.63, 3.8) is 0 Å². The van der Waals surface area contributed by atoms with Crippen molar-refractivity contribution in [3.8, 4) is 23.0 Å². The fourth-order valence-electron chi connectivity index (χ4n) is 5.86. The molecule has 1 atom stereocenters. The Bertz CT molecular complexity index is 2210. The Morgan fingerprint density at radius 3 is 2.48 bits per heavy atom. The van der Waals surface area contributed by atoms with Crippen LogP contribution in [0.25, 0.3) is 16.8 Å². The molecule has 9 nitrogen and oxygen atoms in total. The van der Waals surface area contributed by atoms with Crippen LogP contribution in [0, 0.1) is 0 Å². The van der Waals surface area contributed by atoms with E-state index >= 15 is 0 Å². The summed E-state index contributed by atoms with van der Waals surface area (Å²) < 4.78 is 30.7. The highest BCUT2D eigenvalue weighted by molar-refractivity contribution is 7.07. The molecule has 2 heterocycles. The van der Waals surface area contributed by atoms with Crippen molar-refractivity contribution in [1.82, 2.24) is 4.57 Å². The number of thiazole rings is 1. The molecule has 0 spiro atoms. The Balaban J connectivity index is 1.40. The molecule has 246 valence electrons. The number of aromatic nitrogens is 1. The Kier molecular flexibility index (Phi) is 9.63. The van der Waals surface area contributed by atoms with Crippen LogP contribution < -0.4 is 33.8 Å². The van der Waals surface area contributed by atoms with Gasteiger partial charge in [-0.3, -0.25) is 9.36 Å². The van der Waals surface area contributed by atoms with Crippen LogP contribution in [0.2, 0.25) is 0 Å². The molecule has 0 amide bonds. The molecule has 1 aliphatic heterocycles. The number of fused-ring (bicyclic) bond motifs is 2. The van der Waals surface area contributed by atoms with Crippen LogP contribution in [0.15, 0.2) is 99.9 Å². The summed E-state index contributed by atoms with van der Waals surface area (Å²) in [6.07, 6.45) is 1.80. The molecular weight excluding hydrogens is 628 g/mol. The van der Waals surface area contributed by atoms with Crippen LogP contribution in [0.3, 0.4) is 0 Å². The van der Waals surface area contributed by atoms with Gasteiger partial charge in [-0.15, -0.1) is 0 Å². The van der Waals surface area contributed by atoms with E-state index < -0.39 is 12.0 Å². The molecular formula is C38H36N2O7S. The lowest BCUT2D eigenvalue weighted by Gasteiger charge is -2.26. The number of benzene rings is 4. The molecule has 0 N–H and O–H groups in total. The normalized spacial score (nSPS) is 14.4. The van der Waals surface area contributed by atoms with Gasteiger partial charge in [0.05, 0.1) is 43.2 Å². The van der Waals surface area contributed by atoms with Crippen LogP contribution in [0.4, 0.5) is 0 Å². The number of carbonyl (C=O) groups is 1. The summed E-state index contributed by atoms with van der Waals surface area (Å²) in [5, 5.41) is 2.29. The number of nitrogens with zero attached hydrogens (tertiary/aromatic N) is 2. The van der Waals surface area contributed by atoms with Gasteiger partial charge < -0.3 is 23.7 Å². The molecule has 0 unspecified atom stereocenters.